The predicted octanol–water partition coefficient (Wildman–Crippen LogP) is 4.58. The molecule has 0 aliphatic carbocycles. The van der Waals surface area contributed by atoms with Gasteiger partial charge in [0.2, 0.25) is 5.91 Å². The second-order valence-corrected chi connectivity index (χ2v) is 9.57. The third-order valence-electron chi connectivity index (χ3n) is 5.73. The van der Waals surface area contributed by atoms with E-state index < -0.39 is 10.7 Å². The van der Waals surface area contributed by atoms with Crippen molar-refractivity contribution in [2.24, 2.45) is 0 Å². The summed E-state index contributed by atoms with van der Waals surface area (Å²) in [6.45, 7) is 0.976. The van der Waals surface area contributed by atoms with E-state index in [1.54, 1.807) is 22.7 Å². The molecule has 3 aromatic heterocycles. The number of carbonyl (C=O) groups excluding carboxylic acids is 1. The molecule has 1 atom stereocenters. The van der Waals surface area contributed by atoms with Gasteiger partial charge >= 0.3 is 5.76 Å². The van der Waals surface area contributed by atoms with Crippen molar-refractivity contribution in [3.8, 4) is 0 Å². The lowest BCUT2D eigenvalue weighted by molar-refractivity contribution is -0.384. The maximum Gasteiger partial charge on any atom is 0.419 e. The Morgan fingerprint density at radius 2 is 2.09 bits per heavy atom. The van der Waals surface area contributed by atoms with Gasteiger partial charge in [-0.1, -0.05) is 6.07 Å². The lowest BCUT2D eigenvalue weighted by atomic mass is 9.98. The molecule has 1 aromatic carbocycles. The largest absolute Gasteiger partial charge is 0.419 e. The molecule has 1 unspecified atom stereocenters. The van der Waals surface area contributed by atoms with Crippen molar-refractivity contribution in [2.45, 2.75) is 31.8 Å². The van der Waals surface area contributed by atoms with Crippen LogP contribution in [0.1, 0.15) is 34.2 Å². The van der Waals surface area contributed by atoms with E-state index in [9.17, 15) is 19.7 Å². The van der Waals surface area contributed by atoms with E-state index >= 15 is 0 Å². The van der Waals surface area contributed by atoms with Crippen LogP contribution < -0.4 is 5.76 Å². The number of nitro benzene ring substituents is 1. The number of thiophene rings is 2. The van der Waals surface area contributed by atoms with Gasteiger partial charge in [0.1, 0.15) is 0 Å². The van der Waals surface area contributed by atoms with E-state index in [1.807, 2.05) is 16.3 Å². The molecule has 0 saturated carbocycles. The molecule has 1 aliphatic rings. The van der Waals surface area contributed by atoms with Gasteiger partial charge in [0.25, 0.3) is 5.69 Å². The Labute approximate surface area is 190 Å². The van der Waals surface area contributed by atoms with Crippen molar-refractivity contribution >= 4 is 45.4 Å². The predicted molar refractivity (Wildman–Crippen MR) is 122 cm³/mol. The first-order valence-electron chi connectivity index (χ1n) is 10.2. The monoisotopic (exact) mass is 469 g/mol. The van der Waals surface area contributed by atoms with Gasteiger partial charge < -0.3 is 9.32 Å². The van der Waals surface area contributed by atoms with Gasteiger partial charge in [-0.25, -0.2) is 4.79 Å². The molecule has 0 N–H and O–H groups in total. The first kappa shape index (κ1) is 20.7. The van der Waals surface area contributed by atoms with Crippen molar-refractivity contribution in [3.63, 3.8) is 0 Å². The minimum absolute atomic E-state index is 0.0525. The average Bonchev–Trinajstić information content (AvgIpc) is 3.52. The molecular formula is C22H19N3O5S2. The normalized spacial score (nSPS) is 15.8. The van der Waals surface area contributed by atoms with E-state index in [0.29, 0.717) is 31.4 Å². The Bertz CT molecular complexity index is 1350. The SMILES string of the molecule is O=C(CCCn1c(=O)oc2cc([N+](=O)[O-])ccc21)N1CCc2sccc2C1c1cccs1. The first-order valence-corrected chi connectivity index (χ1v) is 12.0. The van der Waals surface area contributed by atoms with Crippen molar-refractivity contribution < 1.29 is 14.1 Å². The highest BCUT2D eigenvalue weighted by atomic mass is 32.1. The Hall–Kier alpha value is -3.24. The molecule has 0 bridgehead atoms. The summed E-state index contributed by atoms with van der Waals surface area (Å²) in [5.74, 6) is -0.526. The zero-order valence-electron chi connectivity index (χ0n) is 16.9. The lowest BCUT2D eigenvalue weighted by Gasteiger charge is -2.35. The van der Waals surface area contributed by atoms with E-state index in [1.165, 1.54) is 33.2 Å². The Balaban J connectivity index is 1.31. The van der Waals surface area contributed by atoms with E-state index in [2.05, 4.69) is 17.5 Å². The number of nitro groups is 1. The molecule has 10 heteroatoms. The van der Waals surface area contributed by atoms with Gasteiger partial charge in [-0.15, -0.1) is 22.7 Å². The number of aryl methyl sites for hydroxylation is 1. The van der Waals surface area contributed by atoms with Crippen LogP contribution in [0.25, 0.3) is 11.1 Å². The number of hydrogen-bond donors (Lipinski definition) is 0. The molecule has 0 saturated heterocycles. The van der Waals surface area contributed by atoms with Gasteiger partial charge in [-0.3, -0.25) is 19.5 Å². The topological polar surface area (TPSA) is 98.6 Å². The minimum Gasteiger partial charge on any atom is -0.407 e. The van der Waals surface area contributed by atoms with Gasteiger partial charge in [0, 0.05) is 35.3 Å². The van der Waals surface area contributed by atoms with Gasteiger partial charge in [0.05, 0.1) is 22.5 Å². The van der Waals surface area contributed by atoms with Crippen LogP contribution in [0, 0.1) is 10.1 Å². The number of benzene rings is 1. The number of carbonyl (C=O) groups is 1. The van der Waals surface area contributed by atoms with E-state index in [4.69, 9.17) is 4.42 Å². The molecule has 1 aliphatic heterocycles. The molecule has 8 nitrogen and oxygen atoms in total. The summed E-state index contributed by atoms with van der Waals surface area (Å²) in [6.07, 6.45) is 1.62. The second-order valence-electron chi connectivity index (χ2n) is 7.59. The fraction of sp³-hybridized carbons (Fsp3) is 0.273. The quantitative estimate of drug-likeness (QED) is 0.304. The Morgan fingerprint density at radius 1 is 1.22 bits per heavy atom. The Morgan fingerprint density at radius 3 is 2.88 bits per heavy atom. The number of oxazole rings is 1. The number of nitrogens with zero attached hydrogens (tertiary/aromatic N) is 3. The van der Waals surface area contributed by atoms with E-state index in [-0.39, 0.29) is 23.2 Å². The summed E-state index contributed by atoms with van der Waals surface area (Å²) >= 11 is 3.39. The molecule has 0 radical (unpaired) electrons. The van der Waals surface area contributed by atoms with Crippen LogP contribution in [-0.2, 0) is 17.8 Å². The van der Waals surface area contributed by atoms with Crippen LogP contribution in [0.5, 0.6) is 0 Å². The van der Waals surface area contributed by atoms with Crippen molar-refractivity contribution in [2.75, 3.05) is 6.54 Å². The average molecular weight is 470 g/mol. The summed E-state index contributed by atoms with van der Waals surface area (Å²) in [7, 11) is 0. The highest BCUT2D eigenvalue weighted by molar-refractivity contribution is 7.10. The highest BCUT2D eigenvalue weighted by Gasteiger charge is 2.33. The number of amides is 1. The molecule has 0 fully saturated rings. The summed E-state index contributed by atoms with van der Waals surface area (Å²) in [6, 6.07) is 10.2. The molecule has 164 valence electrons. The number of aromatic nitrogens is 1. The number of rotatable bonds is 6. The van der Waals surface area contributed by atoms with Crippen LogP contribution in [0.3, 0.4) is 0 Å². The fourth-order valence-electron chi connectivity index (χ4n) is 4.25. The maximum absolute atomic E-state index is 13.2. The van der Waals surface area contributed by atoms with Gasteiger partial charge in [0.15, 0.2) is 5.58 Å². The minimum atomic E-state index is -0.578. The molecule has 4 aromatic rings. The van der Waals surface area contributed by atoms with Crippen molar-refractivity contribution in [3.05, 3.63) is 83.1 Å². The molecule has 0 spiro atoms. The second kappa shape index (κ2) is 8.36. The van der Waals surface area contributed by atoms with Crippen molar-refractivity contribution in [1.82, 2.24) is 9.47 Å². The fourth-order valence-corrected chi connectivity index (χ4v) is 6.01. The smallest absolute Gasteiger partial charge is 0.407 e. The number of non-ortho nitro benzene ring substituents is 1. The number of fused-ring (bicyclic) bond motifs is 2. The summed E-state index contributed by atoms with van der Waals surface area (Å²) in [4.78, 5) is 40.3. The van der Waals surface area contributed by atoms with Gasteiger partial charge in [-0.2, -0.15) is 0 Å². The summed E-state index contributed by atoms with van der Waals surface area (Å²) in [5.41, 5.74) is 1.74. The van der Waals surface area contributed by atoms with Crippen molar-refractivity contribution in [1.29, 1.82) is 0 Å². The summed E-state index contributed by atoms with van der Waals surface area (Å²) in [5, 5.41) is 15.1. The highest BCUT2D eigenvalue weighted by Crippen LogP contribution is 2.39. The molecule has 4 heterocycles. The van der Waals surface area contributed by atoms with Crippen LogP contribution >= 0.6 is 22.7 Å². The van der Waals surface area contributed by atoms with Crippen LogP contribution in [0.15, 0.2) is 56.4 Å². The third-order valence-corrected chi connectivity index (χ3v) is 7.66. The van der Waals surface area contributed by atoms with Crippen LogP contribution in [0.4, 0.5) is 5.69 Å². The molecule has 1 amide bonds. The lowest BCUT2D eigenvalue weighted by Crippen LogP contribution is -2.39. The molecule has 5 rings (SSSR count). The zero-order chi connectivity index (χ0) is 22.2. The van der Waals surface area contributed by atoms with Crippen LogP contribution in [0.2, 0.25) is 0 Å². The molecule has 32 heavy (non-hydrogen) atoms. The third kappa shape index (κ3) is 3.65. The van der Waals surface area contributed by atoms with E-state index in [0.717, 1.165) is 11.3 Å². The Kier molecular flexibility index (Phi) is 5.40. The molecular weight excluding hydrogens is 450 g/mol. The standard InChI is InChI=1S/C22H19N3O5S2/c26-20(24-10-7-18-15(8-12-32-18)21(24)19-3-2-11-31-19)4-1-9-23-16-6-5-14(25(28)29)13-17(16)30-22(23)27/h2-3,5-6,8,11-13,21H,1,4,7,9-10H2. The summed E-state index contributed by atoms with van der Waals surface area (Å²) < 4.78 is 6.60. The number of hydrogen-bond acceptors (Lipinski definition) is 7. The van der Waals surface area contributed by atoms with Gasteiger partial charge in [-0.05, 0) is 47.4 Å². The van der Waals surface area contributed by atoms with Crippen LogP contribution in [-0.4, -0.2) is 26.8 Å². The zero-order valence-corrected chi connectivity index (χ0v) is 18.6. The first-order chi connectivity index (χ1) is 15.5. The maximum atomic E-state index is 13.2.